The van der Waals surface area contributed by atoms with Crippen LogP contribution in [0.15, 0.2) is 79.1 Å². The first-order valence-corrected chi connectivity index (χ1v) is 13.6. The number of benzene rings is 3. The number of rotatable bonds is 4. The standard InChI is InChI=1S/C32H25FN6O2/c33-24-16-25-26(17-27(24)39-12-14-41-15-13-39)37-31(36-25)23-7-3-6-22-28(23)18-4-1-2-5-19(18)29(22)38-32(40)21-9-11-35-30-20(21)8-10-34-30/h1-11,16-17,29H,12-15H2,(H,34,35)(H,36,37)(H,38,40). The molecule has 2 aliphatic rings. The molecule has 3 N–H and O–H groups in total. The van der Waals surface area contributed by atoms with Gasteiger partial charge in [0.05, 0.1) is 41.5 Å². The number of morpholine rings is 1. The lowest BCUT2D eigenvalue weighted by Gasteiger charge is -2.29. The molecule has 0 spiro atoms. The monoisotopic (exact) mass is 544 g/mol. The van der Waals surface area contributed by atoms with Crippen LogP contribution < -0.4 is 10.2 Å². The molecular weight excluding hydrogens is 519 g/mol. The number of aromatic nitrogens is 4. The Morgan fingerprint density at radius 3 is 2.73 bits per heavy atom. The Morgan fingerprint density at radius 1 is 1.00 bits per heavy atom. The lowest BCUT2D eigenvalue weighted by atomic mass is 9.98. The molecule has 4 heterocycles. The molecule has 9 heteroatoms. The number of carbonyl (C=O) groups excluding carboxylic acids is 1. The number of fused-ring (bicyclic) bond motifs is 5. The molecule has 1 amide bonds. The van der Waals surface area contributed by atoms with Crippen LogP contribution in [-0.2, 0) is 4.74 Å². The molecule has 1 unspecified atom stereocenters. The molecule has 8 rings (SSSR count). The van der Waals surface area contributed by atoms with Gasteiger partial charge in [-0.3, -0.25) is 4.79 Å². The maximum absolute atomic E-state index is 15.1. The number of amides is 1. The van der Waals surface area contributed by atoms with E-state index in [0.717, 1.165) is 33.2 Å². The minimum Gasteiger partial charge on any atom is -0.378 e. The van der Waals surface area contributed by atoms with E-state index < -0.39 is 0 Å². The summed E-state index contributed by atoms with van der Waals surface area (Å²) in [6.07, 6.45) is 3.42. The van der Waals surface area contributed by atoms with E-state index in [2.05, 4.69) is 26.3 Å². The highest BCUT2D eigenvalue weighted by Crippen LogP contribution is 2.48. The van der Waals surface area contributed by atoms with Crippen LogP contribution in [0.5, 0.6) is 0 Å². The number of hydrogen-bond acceptors (Lipinski definition) is 5. The Kier molecular flexibility index (Phi) is 5.39. The predicted octanol–water partition coefficient (Wildman–Crippen LogP) is 5.58. The van der Waals surface area contributed by atoms with E-state index in [-0.39, 0.29) is 17.8 Å². The quantitative estimate of drug-likeness (QED) is 0.269. The van der Waals surface area contributed by atoms with Crippen molar-refractivity contribution < 1.29 is 13.9 Å². The number of hydrogen-bond donors (Lipinski definition) is 3. The molecule has 1 aliphatic heterocycles. The van der Waals surface area contributed by atoms with Crippen molar-refractivity contribution in [2.75, 3.05) is 31.2 Å². The summed E-state index contributed by atoms with van der Waals surface area (Å²) in [5, 5.41) is 4.04. The molecule has 0 bridgehead atoms. The molecule has 1 atom stereocenters. The van der Waals surface area contributed by atoms with Gasteiger partial charge in [-0.1, -0.05) is 42.5 Å². The van der Waals surface area contributed by atoms with Crippen LogP contribution in [0, 0.1) is 5.82 Å². The molecule has 1 saturated heterocycles. The summed E-state index contributed by atoms with van der Waals surface area (Å²) in [7, 11) is 0. The van der Waals surface area contributed by atoms with Crippen molar-refractivity contribution in [3.05, 3.63) is 102 Å². The lowest BCUT2D eigenvalue weighted by Crippen LogP contribution is -2.36. The van der Waals surface area contributed by atoms with Crippen molar-refractivity contribution in [3.63, 3.8) is 0 Å². The maximum atomic E-state index is 15.1. The molecule has 6 aromatic rings. The highest BCUT2D eigenvalue weighted by molar-refractivity contribution is 6.06. The van der Waals surface area contributed by atoms with E-state index >= 15 is 4.39 Å². The molecule has 202 valence electrons. The predicted molar refractivity (Wildman–Crippen MR) is 155 cm³/mol. The topological polar surface area (TPSA) is 98.9 Å². The summed E-state index contributed by atoms with van der Waals surface area (Å²) in [4.78, 5) is 31.2. The molecule has 3 aromatic heterocycles. The molecule has 3 aromatic carbocycles. The van der Waals surface area contributed by atoms with Gasteiger partial charge >= 0.3 is 0 Å². The first-order chi connectivity index (χ1) is 20.2. The molecule has 1 aliphatic carbocycles. The maximum Gasteiger partial charge on any atom is 0.252 e. The first kappa shape index (κ1) is 23.8. The van der Waals surface area contributed by atoms with E-state index in [0.29, 0.717) is 60.1 Å². The Labute approximate surface area is 234 Å². The van der Waals surface area contributed by atoms with Crippen LogP contribution in [0.2, 0.25) is 0 Å². The highest BCUT2D eigenvalue weighted by Gasteiger charge is 2.33. The number of aromatic amines is 2. The van der Waals surface area contributed by atoms with Crippen LogP contribution in [0.25, 0.3) is 44.6 Å². The number of carbonyl (C=O) groups is 1. The largest absolute Gasteiger partial charge is 0.378 e. The Balaban J connectivity index is 1.21. The second kappa shape index (κ2) is 9.28. The Morgan fingerprint density at radius 2 is 1.83 bits per heavy atom. The fourth-order valence-corrected chi connectivity index (χ4v) is 6.17. The fraction of sp³-hybridized carbons (Fsp3) is 0.156. The SMILES string of the molecule is O=C(NC1c2ccccc2-c2c(-c3nc4cc(N5CCOCC5)c(F)cc4[nH]3)cccc21)c1ccnc2[nH]ccc12. The van der Waals surface area contributed by atoms with Gasteiger partial charge < -0.3 is 24.9 Å². The van der Waals surface area contributed by atoms with Gasteiger partial charge in [-0.2, -0.15) is 0 Å². The Hall–Kier alpha value is -5.02. The summed E-state index contributed by atoms with van der Waals surface area (Å²) < 4.78 is 20.6. The van der Waals surface area contributed by atoms with Crippen LogP contribution >= 0.6 is 0 Å². The summed E-state index contributed by atoms with van der Waals surface area (Å²) in [5.74, 6) is 0.193. The number of anilines is 1. The van der Waals surface area contributed by atoms with Crippen molar-refractivity contribution in [2.24, 2.45) is 0 Å². The third-order valence-electron chi connectivity index (χ3n) is 8.09. The van der Waals surface area contributed by atoms with Gasteiger partial charge in [0, 0.05) is 42.5 Å². The third-order valence-corrected chi connectivity index (χ3v) is 8.09. The number of ether oxygens (including phenoxy) is 1. The third kappa shape index (κ3) is 3.81. The molecule has 0 radical (unpaired) electrons. The van der Waals surface area contributed by atoms with Gasteiger partial charge in [-0.05, 0) is 40.5 Å². The van der Waals surface area contributed by atoms with Crippen LogP contribution in [-0.4, -0.2) is 52.1 Å². The van der Waals surface area contributed by atoms with Gasteiger partial charge in [0.25, 0.3) is 5.91 Å². The van der Waals surface area contributed by atoms with Crippen molar-refractivity contribution >= 4 is 33.7 Å². The smallest absolute Gasteiger partial charge is 0.252 e. The average Bonchev–Trinajstić information content (AvgIpc) is 3.73. The first-order valence-electron chi connectivity index (χ1n) is 13.6. The van der Waals surface area contributed by atoms with Gasteiger partial charge in [0.15, 0.2) is 0 Å². The number of imidazole rings is 1. The molecule has 0 saturated carbocycles. The number of nitrogens with one attached hydrogen (secondary N) is 3. The molecule has 8 nitrogen and oxygen atoms in total. The van der Waals surface area contributed by atoms with E-state index in [1.54, 1.807) is 18.5 Å². The second-order valence-corrected chi connectivity index (χ2v) is 10.4. The van der Waals surface area contributed by atoms with Crippen LogP contribution in [0.1, 0.15) is 27.5 Å². The summed E-state index contributed by atoms with van der Waals surface area (Å²) >= 11 is 0. The molecule has 1 fully saturated rings. The highest BCUT2D eigenvalue weighted by atomic mass is 19.1. The van der Waals surface area contributed by atoms with E-state index in [4.69, 9.17) is 9.72 Å². The molecule has 41 heavy (non-hydrogen) atoms. The van der Waals surface area contributed by atoms with E-state index in [9.17, 15) is 4.79 Å². The fourth-order valence-electron chi connectivity index (χ4n) is 6.17. The minimum absolute atomic E-state index is 0.176. The van der Waals surface area contributed by atoms with Crippen LogP contribution in [0.4, 0.5) is 10.1 Å². The van der Waals surface area contributed by atoms with E-state index in [1.807, 2.05) is 53.4 Å². The van der Waals surface area contributed by atoms with Gasteiger partial charge in [0.2, 0.25) is 0 Å². The van der Waals surface area contributed by atoms with Gasteiger partial charge in [0.1, 0.15) is 17.3 Å². The average molecular weight is 545 g/mol. The van der Waals surface area contributed by atoms with Gasteiger partial charge in [-0.15, -0.1) is 0 Å². The summed E-state index contributed by atoms with van der Waals surface area (Å²) in [6.45, 7) is 2.44. The van der Waals surface area contributed by atoms with E-state index in [1.165, 1.54) is 6.07 Å². The Bertz CT molecular complexity index is 1970. The van der Waals surface area contributed by atoms with Crippen molar-refractivity contribution in [1.29, 1.82) is 0 Å². The van der Waals surface area contributed by atoms with Crippen molar-refractivity contribution in [3.8, 4) is 22.5 Å². The summed E-state index contributed by atoms with van der Waals surface area (Å²) in [6, 6.07) is 20.7. The zero-order valence-corrected chi connectivity index (χ0v) is 21.9. The van der Waals surface area contributed by atoms with Crippen molar-refractivity contribution in [2.45, 2.75) is 6.04 Å². The zero-order chi connectivity index (χ0) is 27.5. The second-order valence-electron chi connectivity index (χ2n) is 10.4. The number of nitrogens with zero attached hydrogens (tertiary/aromatic N) is 3. The number of H-pyrrole nitrogens is 2. The van der Waals surface area contributed by atoms with Gasteiger partial charge in [-0.25, -0.2) is 14.4 Å². The number of pyridine rings is 1. The molecular formula is C32H25FN6O2. The zero-order valence-electron chi connectivity index (χ0n) is 21.9. The lowest BCUT2D eigenvalue weighted by molar-refractivity contribution is 0.0945. The number of halogens is 1. The summed E-state index contributed by atoms with van der Waals surface area (Å²) in [5.41, 5.74) is 8.04. The van der Waals surface area contributed by atoms with Crippen LogP contribution in [0.3, 0.4) is 0 Å². The normalized spacial score (nSPS) is 16.2. The van der Waals surface area contributed by atoms with Crippen molar-refractivity contribution in [1.82, 2.24) is 25.3 Å². The minimum atomic E-state index is -0.342.